The summed E-state index contributed by atoms with van der Waals surface area (Å²) in [6, 6.07) is 4.15. The Balaban J connectivity index is 1.89. The van der Waals surface area contributed by atoms with Crippen LogP contribution in [0.4, 0.5) is 18.9 Å². The van der Waals surface area contributed by atoms with Gasteiger partial charge in [0.25, 0.3) is 0 Å². The van der Waals surface area contributed by atoms with Gasteiger partial charge in [0.2, 0.25) is 0 Å². The quantitative estimate of drug-likeness (QED) is 0.823. The summed E-state index contributed by atoms with van der Waals surface area (Å²) in [4.78, 5) is 23.8. The molecule has 24 heavy (non-hydrogen) atoms. The van der Waals surface area contributed by atoms with Crippen molar-refractivity contribution in [3.8, 4) is 0 Å². The third kappa shape index (κ3) is 4.97. The first kappa shape index (κ1) is 18.3. The van der Waals surface area contributed by atoms with Crippen LogP contribution in [0.1, 0.15) is 44.6 Å². The van der Waals surface area contributed by atoms with Gasteiger partial charge in [-0.1, -0.05) is 19.4 Å². The number of carbonyl (C=O) groups excluding carboxylic acids is 2. The van der Waals surface area contributed by atoms with Crippen molar-refractivity contribution in [2.75, 3.05) is 5.32 Å². The van der Waals surface area contributed by atoms with E-state index in [-0.39, 0.29) is 11.7 Å². The van der Waals surface area contributed by atoms with E-state index in [0.29, 0.717) is 5.92 Å². The second-order valence-electron chi connectivity index (χ2n) is 6.13. The molecule has 0 bridgehead atoms. The first-order valence-electron chi connectivity index (χ1n) is 8.08. The number of anilines is 1. The molecule has 1 fully saturated rings. The Morgan fingerprint density at radius 1 is 1.12 bits per heavy atom. The summed E-state index contributed by atoms with van der Waals surface area (Å²) in [5.41, 5.74) is -0.932. The standard InChI is InChI=1S/C17H21F3N2O2/c1-2-11-6-8-13(9-7-11)21-15(23)16(24)22-14-5-3-4-12(10-14)17(18,19)20/h3-5,10-11,13H,2,6-9H2,1H3,(H,21,23)(H,22,24). The monoisotopic (exact) mass is 342 g/mol. The summed E-state index contributed by atoms with van der Waals surface area (Å²) in [5.74, 6) is -1.10. The highest BCUT2D eigenvalue weighted by Crippen LogP contribution is 2.30. The molecule has 1 aromatic rings. The summed E-state index contributed by atoms with van der Waals surface area (Å²) in [7, 11) is 0. The zero-order valence-electron chi connectivity index (χ0n) is 13.5. The van der Waals surface area contributed by atoms with Crippen molar-refractivity contribution in [3.05, 3.63) is 29.8 Å². The molecule has 0 aromatic heterocycles. The number of carbonyl (C=O) groups is 2. The van der Waals surface area contributed by atoms with Gasteiger partial charge in [-0.15, -0.1) is 0 Å². The highest BCUT2D eigenvalue weighted by molar-refractivity contribution is 6.39. The van der Waals surface area contributed by atoms with Crippen molar-refractivity contribution in [2.45, 2.75) is 51.2 Å². The number of hydrogen-bond acceptors (Lipinski definition) is 2. The average molecular weight is 342 g/mol. The fourth-order valence-electron chi connectivity index (χ4n) is 2.93. The number of benzene rings is 1. The predicted octanol–water partition coefficient (Wildman–Crippen LogP) is 3.73. The van der Waals surface area contributed by atoms with Gasteiger partial charge in [0.05, 0.1) is 5.56 Å². The van der Waals surface area contributed by atoms with Crippen molar-refractivity contribution < 1.29 is 22.8 Å². The second kappa shape index (κ2) is 7.68. The van der Waals surface area contributed by atoms with Gasteiger partial charge in [-0.05, 0) is 49.8 Å². The van der Waals surface area contributed by atoms with Crippen molar-refractivity contribution in [1.82, 2.24) is 5.32 Å². The molecular formula is C17H21F3N2O2. The van der Waals surface area contributed by atoms with E-state index < -0.39 is 23.6 Å². The van der Waals surface area contributed by atoms with E-state index >= 15 is 0 Å². The van der Waals surface area contributed by atoms with Gasteiger partial charge in [0.15, 0.2) is 0 Å². The zero-order valence-corrected chi connectivity index (χ0v) is 13.5. The molecule has 2 rings (SSSR count). The molecule has 0 unspecified atom stereocenters. The van der Waals surface area contributed by atoms with Gasteiger partial charge in [0, 0.05) is 11.7 Å². The zero-order chi connectivity index (χ0) is 17.7. The number of amides is 2. The van der Waals surface area contributed by atoms with Gasteiger partial charge < -0.3 is 10.6 Å². The van der Waals surface area contributed by atoms with E-state index in [1.807, 2.05) is 0 Å². The lowest BCUT2D eigenvalue weighted by Crippen LogP contribution is -2.43. The predicted molar refractivity (Wildman–Crippen MR) is 84.3 cm³/mol. The molecule has 7 heteroatoms. The Morgan fingerprint density at radius 2 is 1.79 bits per heavy atom. The summed E-state index contributed by atoms with van der Waals surface area (Å²) in [5, 5.41) is 4.87. The van der Waals surface area contributed by atoms with Gasteiger partial charge in [-0.25, -0.2) is 0 Å². The Kier molecular flexibility index (Phi) is 5.85. The lowest BCUT2D eigenvalue weighted by molar-refractivity contribution is -0.137. The summed E-state index contributed by atoms with van der Waals surface area (Å²) >= 11 is 0. The molecule has 0 atom stereocenters. The molecule has 2 amide bonds. The van der Waals surface area contributed by atoms with E-state index in [0.717, 1.165) is 44.2 Å². The third-order valence-electron chi connectivity index (χ3n) is 4.41. The van der Waals surface area contributed by atoms with E-state index in [4.69, 9.17) is 0 Å². The largest absolute Gasteiger partial charge is 0.416 e. The van der Waals surface area contributed by atoms with Gasteiger partial charge in [-0.2, -0.15) is 13.2 Å². The highest BCUT2D eigenvalue weighted by Gasteiger charge is 2.31. The van der Waals surface area contributed by atoms with Crippen LogP contribution in [0.5, 0.6) is 0 Å². The summed E-state index contributed by atoms with van der Waals surface area (Å²) in [6.07, 6.45) is 0.271. The Labute approximate surface area is 138 Å². The van der Waals surface area contributed by atoms with Crippen LogP contribution < -0.4 is 10.6 Å². The maximum atomic E-state index is 12.6. The van der Waals surface area contributed by atoms with Gasteiger partial charge in [0.1, 0.15) is 0 Å². The maximum absolute atomic E-state index is 12.6. The smallest absolute Gasteiger partial charge is 0.345 e. The topological polar surface area (TPSA) is 58.2 Å². The lowest BCUT2D eigenvalue weighted by atomic mass is 9.84. The average Bonchev–Trinajstić information content (AvgIpc) is 2.55. The molecule has 2 N–H and O–H groups in total. The minimum absolute atomic E-state index is 0.0486. The number of hydrogen-bond donors (Lipinski definition) is 2. The van der Waals surface area contributed by atoms with Crippen molar-refractivity contribution in [3.63, 3.8) is 0 Å². The first-order chi connectivity index (χ1) is 11.3. The Bertz CT molecular complexity index is 594. The van der Waals surface area contributed by atoms with Gasteiger partial charge in [-0.3, -0.25) is 9.59 Å². The fraction of sp³-hybridized carbons (Fsp3) is 0.529. The van der Waals surface area contributed by atoms with E-state index in [2.05, 4.69) is 17.6 Å². The van der Waals surface area contributed by atoms with Crippen LogP contribution in [-0.4, -0.2) is 17.9 Å². The van der Waals surface area contributed by atoms with Crippen molar-refractivity contribution in [2.24, 2.45) is 5.92 Å². The van der Waals surface area contributed by atoms with Crippen LogP contribution in [0, 0.1) is 5.92 Å². The van der Waals surface area contributed by atoms with Crippen LogP contribution in [0.15, 0.2) is 24.3 Å². The number of rotatable bonds is 3. The first-order valence-corrected chi connectivity index (χ1v) is 8.08. The molecule has 0 aliphatic heterocycles. The number of halogens is 3. The van der Waals surface area contributed by atoms with Crippen LogP contribution in [-0.2, 0) is 15.8 Å². The molecule has 4 nitrogen and oxygen atoms in total. The molecule has 1 aliphatic carbocycles. The second-order valence-corrected chi connectivity index (χ2v) is 6.13. The normalized spacial score (nSPS) is 21.2. The van der Waals surface area contributed by atoms with Gasteiger partial charge >= 0.3 is 18.0 Å². The van der Waals surface area contributed by atoms with Crippen LogP contribution in [0.3, 0.4) is 0 Å². The Morgan fingerprint density at radius 3 is 2.38 bits per heavy atom. The van der Waals surface area contributed by atoms with Crippen molar-refractivity contribution >= 4 is 17.5 Å². The third-order valence-corrected chi connectivity index (χ3v) is 4.41. The molecule has 0 heterocycles. The fourth-order valence-corrected chi connectivity index (χ4v) is 2.93. The Hall–Kier alpha value is -2.05. The van der Waals surface area contributed by atoms with E-state index in [1.165, 1.54) is 12.1 Å². The molecule has 0 saturated heterocycles. The lowest BCUT2D eigenvalue weighted by Gasteiger charge is -2.28. The van der Waals surface area contributed by atoms with E-state index in [1.54, 1.807) is 0 Å². The van der Waals surface area contributed by atoms with E-state index in [9.17, 15) is 22.8 Å². The van der Waals surface area contributed by atoms with Crippen LogP contribution >= 0.6 is 0 Å². The molecule has 0 radical (unpaired) electrons. The molecule has 1 aromatic carbocycles. The molecular weight excluding hydrogens is 321 g/mol. The molecule has 1 saturated carbocycles. The maximum Gasteiger partial charge on any atom is 0.416 e. The molecule has 1 aliphatic rings. The van der Waals surface area contributed by atoms with Crippen molar-refractivity contribution in [1.29, 1.82) is 0 Å². The van der Waals surface area contributed by atoms with Crippen LogP contribution in [0.2, 0.25) is 0 Å². The minimum atomic E-state index is -4.50. The SMILES string of the molecule is CCC1CCC(NC(=O)C(=O)Nc2cccc(C(F)(F)F)c2)CC1. The number of alkyl halides is 3. The summed E-state index contributed by atoms with van der Waals surface area (Å²) < 4.78 is 37.9. The highest BCUT2D eigenvalue weighted by atomic mass is 19.4. The molecule has 132 valence electrons. The number of nitrogens with one attached hydrogen (secondary N) is 2. The van der Waals surface area contributed by atoms with Crippen LogP contribution in [0.25, 0.3) is 0 Å². The summed E-state index contributed by atoms with van der Waals surface area (Å²) in [6.45, 7) is 2.13. The molecule has 0 spiro atoms. The minimum Gasteiger partial charge on any atom is -0.345 e.